The first-order valence-corrected chi connectivity index (χ1v) is 9.76. The minimum atomic E-state index is -0.258. The molecule has 144 valence electrons. The Morgan fingerprint density at radius 2 is 1.82 bits per heavy atom. The number of hydrogen-bond donors (Lipinski definition) is 2. The first-order valence-electron chi connectivity index (χ1n) is 9.38. The van der Waals surface area contributed by atoms with E-state index in [0.717, 1.165) is 46.9 Å². The molecule has 6 heteroatoms. The van der Waals surface area contributed by atoms with Crippen LogP contribution in [0.4, 0.5) is 21.6 Å². The van der Waals surface area contributed by atoms with Crippen LogP contribution in [0.1, 0.15) is 12.8 Å². The summed E-state index contributed by atoms with van der Waals surface area (Å²) in [6.45, 7) is 6.68. The normalized spacial score (nSPS) is 13.7. The number of nitrogens with one attached hydrogen (secondary N) is 2. The predicted octanol–water partition coefficient (Wildman–Crippen LogP) is 5.67. The van der Waals surface area contributed by atoms with Crippen molar-refractivity contribution >= 4 is 39.7 Å². The van der Waals surface area contributed by atoms with Gasteiger partial charge in [-0.25, -0.2) is 9.37 Å². The average molecular weight is 397 g/mol. The number of aromatic nitrogens is 1. The lowest BCUT2D eigenvalue weighted by molar-refractivity contribution is 0.628. The number of fused-ring (bicyclic) bond motifs is 1. The number of rotatable bonds is 6. The topological polar surface area (TPSA) is 40.2 Å². The molecule has 2 heterocycles. The van der Waals surface area contributed by atoms with E-state index >= 15 is 0 Å². The third-order valence-electron chi connectivity index (χ3n) is 4.89. The van der Waals surface area contributed by atoms with Crippen LogP contribution in [0.2, 0.25) is 5.02 Å². The van der Waals surface area contributed by atoms with Gasteiger partial charge in [-0.1, -0.05) is 18.2 Å². The van der Waals surface area contributed by atoms with Crippen molar-refractivity contribution in [2.45, 2.75) is 12.8 Å². The summed E-state index contributed by atoms with van der Waals surface area (Å²) in [4.78, 5) is 7.13. The standard InChI is InChI=1S/C22H22ClFN4/c1-15(14-25-17-6-4-16(24)5-7-17)26-22-18-8-11-21(28-12-2-3-13-28)27-20(18)10-9-19(22)23/h4-11,25-26H,1-3,12-14H2. The minimum Gasteiger partial charge on any atom is -0.379 e. The summed E-state index contributed by atoms with van der Waals surface area (Å²) in [5.41, 5.74) is 3.27. The van der Waals surface area contributed by atoms with Crippen LogP contribution in [0.3, 0.4) is 0 Å². The van der Waals surface area contributed by atoms with Gasteiger partial charge in [0.1, 0.15) is 11.6 Å². The van der Waals surface area contributed by atoms with Crippen LogP contribution in [0.5, 0.6) is 0 Å². The van der Waals surface area contributed by atoms with E-state index in [1.807, 2.05) is 12.1 Å². The van der Waals surface area contributed by atoms with Gasteiger partial charge < -0.3 is 15.5 Å². The molecule has 1 aliphatic rings. The van der Waals surface area contributed by atoms with Crippen molar-refractivity contribution in [1.82, 2.24) is 4.98 Å². The minimum absolute atomic E-state index is 0.258. The van der Waals surface area contributed by atoms with E-state index in [1.165, 1.54) is 25.0 Å². The lowest BCUT2D eigenvalue weighted by atomic mass is 10.1. The van der Waals surface area contributed by atoms with E-state index in [2.05, 4.69) is 34.2 Å². The van der Waals surface area contributed by atoms with Crippen molar-refractivity contribution in [2.75, 3.05) is 35.2 Å². The summed E-state index contributed by atoms with van der Waals surface area (Å²) in [6.07, 6.45) is 2.43. The van der Waals surface area contributed by atoms with E-state index in [0.29, 0.717) is 11.6 Å². The van der Waals surface area contributed by atoms with E-state index < -0.39 is 0 Å². The maximum absolute atomic E-state index is 13.0. The molecule has 1 fully saturated rings. The zero-order valence-electron chi connectivity index (χ0n) is 15.5. The van der Waals surface area contributed by atoms with E-state index in [1.54, 1.807) is 12.1 Å². The van der Waals surface area contributed by atoms with Gasteiger partial charge in [0.05, 0.1) is 22.8 Å². The molecule has 0 unspecified atom stereocenters. The summed E-state index contributed by atoms with van der Waals surface area (Å²) < 4.78 is 13.0. The molecule has 1 aliphatic heterocycles. The molecule has 0 radical (unpaired) electrons. The second kappa shape index (κ2) is 8.07. The summed E-state index contributed by atoms with van der Waals surface area (Å²) in [6, 6.07) is 14.1. The third-order valence-corrected chi connectivity index (χ3v) is 5.20. The second-order valence-corrected chi connectivity index (χ2v) is 7.35. The molecule has 1 aromatic heterocycles. The van der Waals surface area contributed by atoms with Crippen LogP contribution in [-0.4, -0.2) is 24.6 Å². The molecule has 0 atom stereocenters. The molecule has 3 aromatic rings. The molecule has 0 spiro atoms. The molecular weight excluding hydrogens is 375 g/mol. The van der Waals surface area contributed by atoms with Crippen LogP contribution in [0.25, 0.3) is 10.9 Å². The van der Waals surface area contributed by atoms with E-state index in [-0.39, 0.29) is 5.82 Å². The SMILES string of the molecule is C=C(CNc1ccc(F)cc1)Nc1c(Cl)ccc2nc(N3CCCC3)ccc12. The van der Waals surface area contributed by atoms with Crippen molar-refractivity contribution in [3.05, 3.63) is 71.6 Å². The van der Waals surface area contributed by atoms with Gasteiger partial charge in [0.15, 0.2) is 0 Å². The Morgan fingerprint density at radius 3 is 2.57 bits per heavy atom. The molecular formula is C22H22ClFN4. The number of nitrogens with zero attached hydrogens (tertiary/aromatic N) is 2. The van der Waals surface area contributed by atoms with Crippen LogP contribution in [0.15, 0.2) is 60.8 Å². The van der Waals surface area contributed by atoms with Crippen LogP contribution in [-0.2, 0) is 0 Å². The predicted molar refractivity (Wildman–Crippen MR) is 116 cm³/mol. The molecule has 0 aliphatic carbocycles. The molecule has 0 amide bonds. The van der Waals surface area contributed by atoms with E-state index in [4.69, 9.17) is 16.6 Å². The lowest BCUT2D eigenvalue weighted by Gasteiger charge is -2.18. The monoisotopic (exact) mass is 396 g/mol. The first kappa shape index (κ1) is 18.6. The van der Waals surface area contributed by atoms with Gasteiger partial charge >= 0.3 is 0 Å². The van der Waals surface area contributed by atoms with E-state index in [9.17, 15) is 4.39 Å². The fourth-order valence-corrected chi connectivity index (χ4v) is 3.63. The molecule has 0 bridgehead atoms. The van der Waals surface area contributed by atoms with Gasteiger partial charge in [0.2, 0.25) is 0 Å². The molecule has 2 N–H and O–H groups in total. The molecule has 4 nitrogen and oxygen atoms in total. The number of halogens is 2. The highest BCUT2D eigenvalue weighted by atomic mass is 35.5. The van der Waals surface area contributed by atoms with Gasteiger partial charge in [-0.3, -0.25) is 0 Å². The van der Waals surface area contributed by atoms with Crippen LogP contribution < -0.4 is 15.5 Å². The molecule has 2 aromatic carbocycles. The van der Waals surface area contributed by atoms with Gasteiger partial charge in [0.25, 0.3) is 0 Å². The van der Waals surface area contributed by atoms with Gasteiger partial charge in [-0.15, -0.1) is 0 Å². The lowest BCUT2D eigenvalue weighted by Crippen LogP contribution is -2.18. The summed E-state index contributed by atoms with van der Waals surface area (Å²) in [5.74, 6) is 0.751. The number of hydrogen-bond acceptors (Lipinski definition) is 4. The molecule has 0 saturated carbocycles. The van der Waals surface area contributed by atoms with Crippen molar-refractivity contribution in [3.8, 4) is 0 Å². The van der Waals surface area contributed by atoms with Crippen molar-refractivity contribution < 1.29 is 4.39 Å². The van der Waals surface area contributed by atoms with Crippen molar-refractivity contribution in [2.24, 2.45) is 0 Å². The van der Waals surface area contributed by atoms with Crippen molar-refractivity contribution in [3.63, 3.8) is 0 Å². The fourth-order valence-electron chi connectivity index (χ4n) is 3.41. The maximum Gasteiger partial charge on any atom is 0.129 e. The van der Waals surface area contributed by atoms with Gasteiger partial charge in [-0.2, -0.15) is 0 Å². The highest BCUT2D eigenvalue weighted by Gasteiger charge is 2.15. The largest absolute Gasteiger partial charge is 0.379 e. The first-order chi connectivity index (χ1) is 13.6. The quantitative estimate of drug-likeness (QED) is 0.563. The van der Waals surface area contributed by atoms with Crippen molar-refractivity contribution in [1.29, 1.82) is 0 Å². The molecule has 28 heavy (non-hydrogen) atoms. The Hall–Kier alpha value is -2.79. The molecule has 1 saturated heterocycles. The maximum atomic E-state index is 13.0. The Morgan fingerprint density at radius 1 is 1.07 bits per heavy atom. The number of pyridine rings is 1. The number of anilines is 3. The highest BCUT2D eigenvalue weighted by molar-refractivity contribution is 6.35. The van der Waals surface area contributed by atoms with Crippen LogP contribution >= 0.6 is 11.6 Å². The Kier molecular flexibility index (Phi) is 5.35. The fraction of sp³-hybridized carbons (Fsp3) is 0.227. The molecule has 4 rings (SSSR count). The Balaban J connectivity index is 1.51. The van der Waals surface area contributed by atoms with Crippen LogP contribution in [0, 0.1) is 5.82 Å². The smallest absolute Gasteiger partial charge is 0.129 e. The Bertz CT molecular complexity index is 997. The second-order valence-electron chi connectivity index (χ2n) is 6.94. The third kappa shape index (κ3) is 4.04. The average Bonchev–Trinajstić information content (AvgIpc) is 3.24. The zero-order valence-corrected chi connectivity index (χ0v) is 16.3. The zero-order chi connectivity index (χ0) is 19.5. The Labute approximate surface area is 169 Å². The summed E-state index contributed by atoms with van der Waals surface area (Å²) in [5, 5.41) is 8.09. The van der Waals surface area contributed by atoms with Gasteiger partial charge in [-0.05, 0) is 61.4 Å². The number of benzene rings is 2. The summed E-state index contributed by atoms with van der Waals surface area (Å²) in [7, 11) is 0. The highest BCUT2D eigenvalue weighted by Crippen LogP contribution is 2.33. The van der Waals surface area contributed by atoms with Gasteiger partial charge in [0, 0.05) is 29.9 Å². The summed E-state index contributed by atoms with van der Waals surface area (Å²) >= 11 is 6.44.